The topological polar surface area (TPSA) is 120 Å². The highest BCUT2D eigenvalue weighted by atomic mass is 16.6. The Morgan fingerprint density at radius 1 is 0.970 bits per heavy atom. The van der Waals surface area contributed by atoms with E-state index >= 15 is 0 Å². The van der Waals surface area contributed by atoms with Crippen molar-refractivity contribution >= 4 is 29.9 Å². The highest BCUT2D eigenvalue weighted by molar-refractivity contribution is 5.95. The van der Waals surface area contributed by atoms with Crippen LogP contribution in [0.3, 0.4) is 0 Å². The smallest absolute Gasteiger partial charge is 0.336 e. The molecule has 9 heteroatoms. The van der Waals surface area contributed by atoms with Crippen molar-refractivity contribution in [3.63, 3.8) is 0 Å². The Kier molecular flexibility index (Phi) is 7.63. The average Bonchev–Trinajstić information content (AvgIpc) is 2.84. The highest BCUT2D eigenvalue weighted by Gasteiger charge is 2.11. The maximum absolute atomic E-state index is 12.1. The summed E-state index contributed by atoms with van der Waals surface area (Å²) in [5.74, 6) is -0.649. The molecule has 0 spiro atoms. The lowest BCUT2D eigenvalue weighted by Gasteiger charge is -2.08. The number of rotatable bonds is 8. The molecular weight excluding hydrogens is 426 g/mol. The number of nitro benzene ring substituents is 1. The fourth-order valence-corrected chi connectivity index (χ4v) is 2.71. The molecule has 0 fully saturated rings. The van der Waals surface area contributed by atoms with Crippen LogP contribution < -0.4 is 14.9 Å². The third kappa shape index (κ3) is 6.59. The summed E-state index contributed by atoms with van der Waals surface area (Å²) >= 11 is 0. The molecule has 0 bridgehead atoms. The van der Waals surface area contributed by atoms with Gasteiger partial charge in [-0.15, -0.1) is 0 Å². The molecule has 0 aliphatic rings. The first kappa shape index (κ1) is 22.9. The first-order valence-electron chi connectivity index (χ1n) is 9.67. The molecule has 0 heterocycles. The monoisotopic (exact) mass is 445 g/mol. The number of esters is 1. The number of hydrogen-bond acceptors (Lipinski definition) is 7. The summed E-state index contributed by atoms with van der Waals surface area (Å²) in [5, 5.41) is 14.7. The molecule has 166 valence electrons. The van der Waals surface area contributed by atoms with Crippen LogP contribution in [0.2, 0.25) is 0 Å². The molecule has 0 radical (unpaired) electrons. The van der Waals surface area contributed by atoms with Gasteiger partial charge in [-0.1, -0.05) is 36.4 Å². The maximum atomic E-state index is 12.1. The van der Waals surface area contributed by atoms with Crippen LogP contribution in [0.1, 0.15) is 21.5 Å². The number of hydrazone groups is 1. The molecule has 9 nitrogen and oxygen atoms in total. The van der Waals surface area contributed by atoms with Crippen molar-refractivity contribution < 1.29 is 24.0 Å². The van der Waals surface area contributed by atoms with Crippen molar-refractivity contribution in [3.8, 4) is 11.5 Å². The Hall–Kier alpha value is -4.79. The van der Waals surface area contributed by atoms with Gasteiger partial charge in [-0.05, 0) is 41.5 Å². The van der Waals surface area contributed by atoms with Crippen LogP contribution >= 0.6 is 0 Å². The standard InChI is InChI=1S/C24H19N3O6/c1-32-22-14-18(16-25-26-24(29)19-8-5-9-20(15-19)27(30)31)10-12-21(22)33-23(28)13-11-17-6-3-2-4-7-17/h2-16H,1H3,(H,26,29)/b13-11+,25-16-. The molecule has 0 saturated carbocycles. The lowest BCUT2D eigenvalue weighted by molar-refractivity contribution is -0.384. The van der Waals surface area contributed by atoms with E-state index in [0.29, 0.717) is 11.3 Å². The summed E-state index contributed by atoms with van der Waals surface area (Å²) in [5.41, 5.74) is 3.63. The van der Waals surface area contributed by atoms with Gasteiger partial charge < -0.3 is 9.47 Å². The van der Waals surface area contributed by atoms with Crippen molar-refractivity contribution in [1.29, 1.82) is 0 Å². The number of ether oxygens (including phenoxy) is 2. The summed E-state index contributed by atoms with van der Waals surface area (Å²) in [6.45, 7) is 0. The van der Waals surface area contributed by atoms with Gasteiger partial charge in [0, 0.05) is 23.8 Å². The normalized spacial score (nSPS) is 10.8. The first-order valence-corrected chi connectivity index (χ1v) is 9.67. The van der Waals surface area contributed by atoms with Crippen LogP contribution in [0.25, 0.3) is 6.08 Å². The zero-order valence-corrected chi connectivity index (χ0v) is 17.5. The second kappa shape index (κ2) is 11.0. The van der Waals surface area contributed by atoms with Gasteiger partial charge in [-0.25, -0.2) is 10.2 Å². The van der Waals surface area contributed by atoms with Crippen molar-refractivity contribution in [2.24, 2.45) is 5.10 Å². The Labute approximate surface area is 189 Å². The van der Waals surface area contributed by atoms with Crippen molar-refractivity contribution in [2.75, 3.05) is 7.11 Å². The summed E-state index contributed by atoms with van der Waals surface area (Å²) < 4.78 is 10.6. The summed E-state index contributed by atoms with van der Waals surface area (Å²) in [6.07, 6.45) is 4.31. The number of nitro groups is 1. The van der Waals surface area contributed by atoms with Crippen LogP contribution in [0.5, 0.6) is 11.5 Å². The van der Waals surface area contributed by atoms with E-state index in [1.807, 2.05) is 30.3 Å². The summed E-state index contributed by atoms with van der Waals surface area (Å²) in [7, 11) is 1.43. The van der Waals surface area contributed by atoms with E-state index in [2.05, 4.69) is 10.5 Å². The lowest BCUT2D eigenvalue weighted by atomic mass is 10.2. The first-order chi connectivity index (χ1) is 16.0. The summed E-state index contributed by atoms with van der Waals surface area (Å²) in [4.78, 5) is 34.5. The minimum atomic E-state index is -0.599. The van der Waals surface area contributed by atoms with Crippen LogP contribution in [0, 0.1) is 10.1 Å². The van der Waals surface area contributed by atoms with Gasteiger partial charge in [0.25, 0.3) is 11.6 Å². The fourth-order valence-electron chi connectivity index (χ4n) is 2.71. The number of amides is 1. The van der Waals surface area contributed by atoms with Crippen LogP contribution in [0.4, 0.5) is 5.69 Å². The highest BCUT2D eigenvalue weighted by Crippen LogP contribution is 2.28. The molecule has 0 aliphatic heterocycles. The number of benzene rings is 3. The van der Waals surface area contributed by atoms with E-state index in [1.54, 1.807) is 18.2 Å². The number of non-ortho nitro benzene ring substituents is 1. The van der Waals surface area contributed by atoms with Gasteiger partial charge in [-0.2, -0.15) is 5.10 Å². The van der Waals surface area contributed by atoms with Crippen molar-refractivity contribution in [2.45, 2.75) is 0 Å². The number of hydrogen-bond donors (Lipinski definition) is 1. The minimum Gasteiger partial charge on any atom is -0.493 e. The third-order valence-corrected chi connectivity index (χ3v) is 4.31. The van der Waals surface area contributed by atoms with Gasteiger partial charge in [0.2, 0.25) is 0 Å². The molecular formula is C24H19N3O6. The number of nitrogens with zero attached hydrogens (tertiary/aromatic N) is 2. The van der Waals surface area contributed by atoms with Crippen molar-refractivity contribution in [3.05, 3.63) is 106 Å². The van der Waals surface area contributed by atoms with E-state index in [-0.39, 0.29) is 17.0 Å². The van der Waals surface area contributed by atoms with Gasteiger partial charge in [0.05, 0.1) is 18.2 Å². The van der Waals surface area contributed by atoms with E-state index in [9.17, 15) is 19.7 Å². The van der Waals surface area contributed by atoms with Gasteiger partial charge in [-0.3, -0.25) is 14.9 Å². The van der Waals surface area contributed by atoms with E-state index in [4.69, 9.17) is 9.47 Å². The largest absolute Gasteiger partial charge is 0.493 e. The van der Waals surface area contributed by atoms with Crippen LogP contribution in [-0.2, 0) is 4.79 Å². The number of carbonyl (C=O) groups is 2. The van der Waals surface area contributed by atoms with Gasteiger partial charge in [0.15, 0.2) is 11.5 Å². The molecule has 0 aliphatic carbocycles. The molecule has 3 aromatic carbocycles. The molecule has 1 amide bonds. The number of carbonyl (C=O) groups excluding carboxylic acids is 2. The van der Waals surface area contributed by atoms with E-state index < -0.39 is 16.8 Å². The maximum Gasteiger partial charge on any atom is 0.336 e. The predicted molar refractivity (Wildman–Crippen MR) is 122 cm³/mol. The number of nitrogens with one attached hydrogen (secondary N) is 1. The summed E-state index contributed by atoms with van der Waals surface area (Å²) in [6, 6.07) is 19.4. The quantitative estimate of drug-likeness (QED) is 0.140. The predicted octanol–water partition coefficient (Wildman–Crippen LogP) is 3.99. The minimum absolute atomic E-state index is 0.102. The number of methoxy groups -OCH3 is 1. The van der Waals surface area contributed by atoms with E-state index in [0.717, 1.165) is 11.6 Å². The molecule has 0 saturated heterocycles. The second-order valence-corrected chi connectivity index (χ2v) is 6.58. The Bertz CT molecular complexity index is 1220. The zero-order chi connectivity index (χ0) is 23.6. The molecule has 0 aromatic heterocycles. The average molecular weight is 445 g/mol. The van der Waals surface area contributed by atoms with Crippen LogP contribution in [0.15, 0.2) is 84.0 Å². The van der Waals surface area contributed by atoms with Crippen LogP contribution in [-0.4, -0.2) is 30.1 Å². The molecule has 1 N–H and O–H groups in total. The Morgan fingerprint density at radius 2 is 1.76 bits per heavy atom. The van der Waals surface area contributed by atoms with Crippen molar-refractivity contribution in [1.82, 2.24) is 5.43 Å². The zero-order valence-electron chi connectivity index (χ0n) is 17.5. The van der Waals surface area contributed by atoms with Gasteiger partial charge in [0.1, 0.15) is 0 Å². The van der Waals surface area contributed by atoms with Gasteiger partial charge >= 0.3 is 5.97 Å². The second-order valence-electron chi connectivity index (χ2n) is 6.58. The third-order valence-electron chi connectivity index (χ3n) is 4.31. The fraction of sp³-hybridized carbons (Fsp3) is 0.0417. The molecule has 33 heavy (non-hydrogen) atoms. The molecule has 3 rings (SSSR count). The van der Waals surface area contributed by atoms with E-state index in [1.165, 1.54) is 43.7 Å². The Morgan fingerprint density at radius 3 is 2.48 bits per heavy atom. The molecule has 3 aromatic rings. The lowest BCUT2D eigenvalue weighted by Crippen LogP contribution is -2.17. The SMILES string of the molecule is COc1cc(/C=N\NC(=O)c2cccc([N+](=O)[O-])c2)ccc1OC(=O)/C=C/c1ccccc1. The Balaban J connectivity index is 1.63. The molecule has 0 unspecified atom stereocenters. The molecule has 0 atom stereocenters.